The number of benzene rings is 3. The van der Waals surface area contributed by atoms with Crippen LogP contribution in [-0.2, 0) is 24.2 Å². The van der Waals surface area contributed by atoms with Gasteiger partial charge in [0, 0.05) is 55.6 Å². The van der Waals surface area contributed by atoms with Crippen LogP contribution in [0.5, 0.6) is 11.6 Å². The number of piperazine rings is 1. The molecule has 4 heterocycles. The lowest BCUT2D eigenvalue weighted by molar-refractivity contribution is 0.00559. The van der Waals surface area contributed by atoms with Crippen LogP contribution in [0.3, 0.4) is 0 Å². The van der Waals surface area contributed by atoms with Crippen LogP contribution in [0.4, 0.5) is 8.78 Å². The van der Waals surface area contributed by atoms with Crippen molar-refractivity contribution in [3.05, 3.63) is 77.1 Å². The van der Waals surface area contributed by atoms with Gasteiger partial charge in [0.1, 0.15) is 35.3 Å². The average Bonchev–Trinajstić information content (AvgIpc) is 3.73. The third-order valence-electron chi connectivity index (χ3n) is 9.61. The fraction of sp³-hybridized carbons (Fsp3) is 0.436. The maximum atomic E-state index is 16.3. The number of ether oxygens (including phenoxy) is 3. The van der Waals surface area contributed by atoms with Crippen LogP contribution in [0.1, 0.15) is 48.9 Å². The van der Waals surface area contributed by atoms with Gasteiger partial charge < -0.3 is 23.7 Å². The maximum Gasteiger partial charge on any atom is 0.355 e. The molecule has 0 aliphatic carbocycles. The van der Waals surface area contributed by atoms with Crippen LogP contribution in [0.2, 0.25) is 0 Å². The maximum absolute atomic E-state index is 16.3. The van der Waals surface area contributed by atoms with E-state index in [0.717, 1.165) is 47.9 Å². The fourth-order valence-corrected chi connectivity index (χ4v) is 7.24. The molecule has 0 unspecified atom stereocenters. The summed E-state index contributed by atoms with van der Waals surface area (Å²) in [7, 11) is 2.12. The van der Waals surface area contributed by atoms with Crippen molar-refractivity contribution >= 4 is 27.6 Å². The lowest BCUT2D eigenvalue weighted by Gasteiger charge is -2.32. The summed E-state index contributed by atoms with van der Waals surface area (Å²) in [5, 5.41) is 7.06. The molecule has 5 aromatic rings. The molecule has 3 aromatic carbocycles. The molecule has 11 heteroatoms. The Hall–Kier alpha value is -4.48. The van der Waals surface area contributed by atoms with Crippen molar-refractivity contribution in [2.24, 2.45) is 0 Å². The number of hydrogen-bond donors (Lipinski definition) is 0. The minimum atomic E-state index is -0.740. The van der Waals surface area contributed by atoms with Gasteiger partial charge in [0.15, 0.2) is 0 Å². The molecule has 0 bridgehead atoms. The summed E-state index contributed by atoms with van der Waals surface area (Å²) in [5.74, 6) is 0.0673. The Bertz CT molecular complexity index is 2060. The van der Waals surface area contributed by atoms with Crippen molar-refractivity contribution in [2.45, 2.75) is 59.2 Å². The molecular formula is C39H45F2N5O4. The first-order valence-corrected chi connectivity index (χ1v) is 17.5. The van der Waals surface area contributed by atoms with E-state index in [1.807, 2.05) is 50.5 Å². The number of esters is 1. The zero-order chi connectivity index (χ0) is 35.2. The number of aromatic nitrogens is 3. The number of likely N-dealkylation sites (N-methyl/N-ethyl adjacent to an activating group) is 1. The lowest BCUT2D eigenvalue weighted by atomic mass is 9.99. The Morgan fingerprint density at radius 2 is 1.74 bits per heavy atom. The second-order valence-electron chi connectivity index (χ2n) is 14.4. The molecule has 0 radical (unpaired) electrons. The first-order valence-electron chi connectivity index (χ1n) is 17.5. The first kappa shape index (κ1) is 34.0. The number of fused-ring (bicyclic) bond motifs is 3. The van der Waals surface area contributed by atoms with Crippen molar-refractivity contribution in [1.29, 1.82) is 0 Å². The van der Waals surface area contributed by atoms with Crippen LogP contribution in [0.25, 0.3) is 32.8 Å². The molecule has 7 rings (SSSR count). The summed E-state index contributed by atoms with van der Waals surface area (Å²) in [6.07, 6.45) is 1.06. The smallest absolute Gasteiger partial charge is 0.355 e. The van der Waals surface area contributed by atoms with Gasteiger partial charge in [-0.25, -0.2) is 18.3 Å². The van der Waals surface area contributed by atoms with E-state index in [2.05, 4.69) is 21.9 Å². The third-order valence-corrected chi connectivity index (χ3v) is 9.61. The van der Waals surface area contributed by atoms with E-state index in [4.69, 9.17) is 14.2 Å². The van der Waals surface area contributed by atoms with Crippen LogP contribution in [0, 0.1) is 18.6 Å². The molecule has 264 valence electrons. The molecule has 1 fully saturated rings. The Morgan fingerprint density at radius 3 is 2.52 bits per heavy atom. The standard InChI is InChI=1S/C39H45F2N5O4/c1-25-33(37-46(42-25)21-23-49-37)34-31(41)14-13-30-29(9-7-22-48-32-10-6-8-26-24-27(40)11-12-28(26)32)36(38(47)50-39(2,3)4)45(35(30)34)20-19-44-17-15-43(5)16-18-44/h6,8,10-14,24H,7,9,15-23H2,1-5H3. The first-order chi connectivity index (χ1) is 24.0. The van der Waals surface area contributed by atoms with E-state index in [-0.39, 0.29) is 5.82 Å². The fourth-order valence-electron chi connectivity index (χ4n) is 7.24. The van der Waals surface area contributed by atoms with Crippen LogP contribution in [0.15, 0.2) is 48.5 Å². The number of carbonyl (C=O) groups excluding carboxylic acids is 1. The van der Waals surface area contributed by atoms with E-state index >= 15 is 4.39 Å². The van der Waals surface area contributed by atoms with Crippen molar-refractivity contribution in [1.82, 2.24) is 24.1 Å². The molecule has 2 aromatic heterocycles. The van der Waals surface area contributed by atoms with Gasteiger partial charge in [-0.05, 0) is 94.9 Å². The number of rotatable bonds is 10. The van der Waals surface area contributed by atoms with Gasteiger partial charge in [-0.2, -0.15) is 5.10 Å². The second-order valence-corrected chi connectivity index (χ2v) is 14.4. The number of nitrogens with zero attached hydrogens (tertiary/aromatic N) is 5. The van der Waals surface area contributed by atoms with Crippen LogP contribution < -0.4 is 9.47 Å². The molecule has 2 aliphatic rings. The quantitative estimate of drug-likeness (QED) is 0.118. The monoisotopic (exact) mass is 685 g/mol. The third kappa shape index (κ3) is 6.68. The summed E-state index contributed by atoms with van der Waals surface area (Å²) >= 11 is 0. The molecule has 0 spiro atoms. The topological polar surface area (TPSA) is 74.0 Å². The number of hydrogen-bond acceptors (Lipinski definition) is 7. The Kier molecular flexibility index (Phi) is 9.30. The van der Waals surface area contributed by atoms with E-state index in [1.165, 1.54) is 18.2 Å². The Balaban J connectivity index is 1.31. The van der Waals surface area contributed by atoms with Crippen molar-refractivity contribution < 1.29 is 27.8 Å². The van der Waals surface area contributed by atoms with Crippen molar-refractivity contribution in [3.63, 3.8) is 0 Å². The largest absolute Gasteiger partial charge is 0.493 e. The highest BCUT2D eigenvalue weighted by molar-refractivity contribution is 6.05. The normalized spacial score (nSPS) is 15.5. The lowest BCUT2D eigenvalue weighted by Crippen LogP contribution is -2.45. The zero-order valence-electron chi connectivity index (χ0n) is 29.5. The average molecular weight is 686 g/mol. The van der Waals surface area contributed by atoms with E-state index in [1.54, 1.807) is 16.8 Å². The predicted molar refractivity (Wildman–Crippen MR) is 190 cm³/mol. The molecule has 0 amide bonds. The predicted octanol–water partition coefficient (Wildman–Crippen LogP) is 6.85. The van der Waals surface area contributed by atoms with Gasteiger partial charge >= 0.3 is 5.97 Å². The Labute approximate surface area is 291 Å². The summed E-state index contributed by atoms with van der Waals surface area (Å²) in [6.45, 7) is 13.8. The molecule has 0 saturated carbocycles. The van der Waals surface area contributed by atoms with Gasteiger partial charge in [-0.3, -0.25) is 4.90 Å². The van der Waals surface area contributed by atoms with E-state index < -0.39 is 17.4 Å². The minimum Gasteiger partial charge on any atom is -0.493 e. The molecule has 50 heavy (non-hydrogen) atoms. The second kappa shape index (κ2) is 13.7. The van der Waals surface area contributed by atoms with Gasteiger partial charge in [-0.1, -0.05) is 12.1 Å². The molecule has 0 N–H and O–H groups in total. The summed E-state index contributed by atoms with van der Waals surface area (Å²) in [5.41, 5.74) is 2.79. The minimum absolute atomic E-state index is 0.299. The zero-order valence-corrected chi connectivity index (χ0v) is 29.5. The summed E-state index contributed by atoms with van der Waals surface area (Å²) < 4.78 is 52.3. The highest BCUT2D eigenvalue weighted by atomic mass is 19.1. The Morgan fingerprint density at radius 1 is 0.960 bits per heavy atom. The molecule has 1 saturated heterocycles. The van der Waals surface area contributed by atoms with Gasteiger partial charge in [0.05, 0.1) is 29.9 Å². The molecular weight excluding hydrogens is 640 g/mol. The SMILES string of the molecule is Cc1nn2c(c1-c1c(F)ccc3c(CCCOc4cccc5cc(F)ccc45)c(C(=O)OC(C)(C)C)n(CCN4CCN(C)CC4)c13)OCC2. The number of carbonyl (C=O) groups is 1. The van der Waals surface area contributed by atoms with Crippen LogP contribution >= 0.6 is 0 Å². The van der Waals surface area contributed by atoms with Crippen molar-refractivity contribution in [2.75, 3.05) is 53.0 Å². The van der Waals surface area contributed by atoms with Crippen LogP contribution in [-0.4, -0.2) is 88.7 Å². The molecule has 0 atom stereocenters. The van der Waals surface area contributed by atoms with E-state index in [0.29, 0.717) is 85.4 Å². The number of aryl methyl sites for hydroxylation is 2. The van der Waals surface area contributed by atoms with Gasteiger partial charge in [-0.15, -0.1) is 0 Å². The highest BCUT2D eigenvalue weighted by Crippen LogP contribution is 2.43. The van der Waals surface area contributed by atoms with Gasteiger partial charge in [0.25, 0.3) is 0 Å². The highest BCUT2D eigenvalue weighted by Gasteiger charge is 2.33. The van der Waals surface area contributed by atoms with Gasteiger partial charge in [0.2, 0.25) is 5.88 Å². The van der Waals surface area contributed by atoms with E-state index in [9.17, 15) is 9.18 Å². The molecule has 2 aliphatic heterocycles. The van der Waals surface area contributed by atoms with Crippen molar-refractivity contribution in [3.8, 4) is 22.8 Å². The molecule has 9 nitrogen and oxygen atoms in total. The summed E-state index contributed by atoms with van der Waals surface area (Å²) in [6, 6.07) is 13.5. The summed E-state index contributed by atoms with van der Waals surface area (Å²) in [4.78, 5) is 19.0. The number of halogens is 2.